The number of nitrogens with zero attached hydrogens (tertiary/aromatic N) is 2. The first-order valence-electron chi connectivity index (χ1n) is 9.28. The second-order valence-corrected chi connectivity index (χ2v) is 10.9. The summed E-state index contributed by atoms with van der Waals surface area (Å²) in [7, 11) is -3.38. The Morgan fingerprint density at radius 2 is 1.67 bits per heavy atom. The molecule has 150 valence electrons. The van der Waals surface area contributed by atoms with Crippen molar-refractivity contribution < 1.29 is 17.9 Å². The smallest absolute Gasteiger partial charge is 0.410 e. The molecule has 0 atom stereocenters. The van der Waals surface area contributed by atoms with Crippen molar-refractivity contribution in [2.75, 3.05) is 26.2 Å². The Bertz CT molecular complexity index is 775. The van der Waals surface area contributed by atoms with Crippen molar-refractivity contribution in [1.82, 2.24) is 9.21 Å². The predicted molar refractivity (Wildman–Crippen MR) is 106 cm³/mol. The number of hydrogen-bond donors (Lipinski definition) is 0. The summed E-state index contributed by atoms with van der Waals surface area (Å²) in [6.07, 6.45) is 1.14. The zero-order chi connectivity index (χ0) is 19.8. The molecule has 2 aliphatic rings. The van der Waals surface area contributed by atoms with E-state index in [2.05, 4.69) is 0 Å². The maximum absolute atomic E-state index is 12.8. The van der Waals surface area contributed by atoms with Crippen molar-refractivity contribution in [3.05, 3.63) is 34.9 Å². The number of ether oxygens (including phenoxy) is 1. The van der Waals surface area contributed by atoms with E-state index in [0.29, 0.717) is 24.0 Å². The van der Waals surface area contributed by atoms with Crippen LogP contribution >= 0.6 is 11.6 Å². The minimum Gasteiger partial charge on any atom is -0.444 e. The van der Waals surface area contributed by atoms with Gasteiger partial charge in [-0.1, -0.05) is 23.7 Å². The maximum Gasteiger partial charge on any atom is 0.410 e. The van der Waals surface area contributed by atoms with Crippen LogP contribution in [-0.2, 0) is 14.8 Å². The van der Waals surface area contributed by atoms with E-state index in [4.69, 9.17) is 16.3 Å². The fourth-order valence-electron chi connectivity index (χ4n) is 3.49. The summed E-state index contributed by atoms with van der Waals surface area (Å²) in [6.45, 7) is 6.82. The molecule has 0 aliphatic carbocycles. The highest BCUT2D eigenvalue weighted by Gasteiger charge is 2.44. The average molecular weight is 415 g/mol. The normalized spacial score (nSPS) is 20.4. The van der Waals surface area contributed by atoms with Gasteiger partial charge in [-0.25, -0.2) is 17.5 Å². The Labute approximate surface area is 166 Å². The third-order valence-electron chi connectivity index (χ3n) is 5.08. The number of rotatable bonds is 3. The molecule has 2 aliphatic heterocycles. The predicted octanol–water partition coefficient (Wildman–Crippen LogP) is 3.47. The first-order valence-corrected chi connectivity index (χ1v) is 11.2. The van der Waals surface area contributed by atoms with Crippen LogP contribution in [0.1, 0.15) is 45.1 Å². The number of carbonyl (C=O) groups is 1. The molecular weight excluding hydrogens is 388 g/mol. The number of sulfonamides is 1. The highest BCUT2D eigenvalue weighted by Crippen LogP contribution is 2.32. The Morgan fingerprint density at radius 3 is 2.19 bits per heavy atom. The standard InChI is InChI=1S/C19H27ClN2O4S/c1-19(2,3)26-18(23)21-12-17(13-21)27(24,25)22-10-8-15(9-11-22)14-4-6-16(20)7-5-14/h4-7,15,17H,8-13H2,1-3H3. The van der Waals surface area contributed by atoms with Gasteiger partial charge in [-0.15, -0.1) is 0 Å². The Kier molecular flexibility index (Phi) is 5.75. The number of halogens is 1. The summed E-state index contributed by atoms with van der Waals surface area (Å²) >= 11 is 5.94. The number of amides is 1. The first-order chi connectivity index (χ1) is 12.6. The van der Waals surface area contributed by atoms with Crippen LogP contribution in [-0.4, -0.2) is 60.7 Å². The van der Waals surface area contributed by atoms with Crippen LogP contribution in [0, 0.1) is 0 Å². The Morgan fingerprint density at radius 1 is 1.11 bits per heavy atom. The van der Waals surface area contributed by atoms with E-state index in [1.165, 1.54) is 10.5 Å². The summed E-state index contributed by atoms with van der Waals surface area (Å²) in [6, 6.07) is 7.78. The van der Waals surface area contributed by atoms with Gasteiger partial charge >= 0.3 is 6.09 Å². The molecule has 0 unspecified atom stereocenters. The number of likely N-dealkylation sites (tertiary alicyclic amines) is 1. The fourth-order valence-corrected chi connectivity index (χ4v) is 5.50. The van der Waals surface area contributed by atoms with Gasteiger partial charge in [0.1, 0.15) is 10.9 Å². The monoisotopic (exact) mass is 414 g/mol. The summed E-state index contributed by atoms with van der Waals surface area (Å²) in [5.74, 6) is 0.355. The van der Waals surface area contributed by atoms with Crippen LogP contribution in [0.4, 0.5) is 4.79 Å². The maximum atomic E-state index is 12.8. The average Bonchev–Trinajstić information content (AvgIpc) is 2.52. The lowest BCUT2D eigenvalue weighted by Crippen LogP contribution is -2.61. The van der Waals surface area contributed by atoms with Crippen molar-refractivity contribution in [3.63, 3.8) is 0 Å². The van der Waals surface area contributed by atoms with Gasteiger partial charge in [-0.3, -0.25) is 0 Å². The van der Waals surface area contributed by atoms with Crippen LogP contribution in [0.15, 0.2) is 24.3 Å². The van der Waals surface area contributed by atoms with Gasteiger partial charge < -0.3 is 9.64 Å². The van der Waals surface area contributed by atoms with Crippen LogP contribution in [0.5, 0.6) is 0 Å². The minimum absolute atomic E-state index is 0.203. The van der Waals surface area contributed by atoms with Crippen molar-refractivity contribution in [2.24, 2.45) is 0 Å². The molecule has 27 heavy (non-hydrogen) atoms. The number of piperidine rings is 1. The number of hydrogen-bond acceptors (Lipinski definition) is 4. The van der Waals surface area contributed by atoms with Crippen molar-refractivity contribution in [2.45, 2.75) is 50.4 Å². The second kappa shape index (κ2) is 7.60. The third kappa shape index (κ3) is 4.76. The van der Waals surface area contributed by atoms with Gasteiger partial charge in [0.05, 0.1) is 0 Å². The van der Waals surface area contributed by atoms with E-state index >= 15 is 0 Å². The Hall–Kier alpha value is -1.31. The molecule has 8 heteroatoms. The first kappa shape index (κ1) is 20.4. The summed E-state index contributed by atoms with van der Waals surface area (Å²) in [5, 5.41) is 0.176. The molecule has 0 N–H and O–H groups in total. The van der Waals surface area contributed by atoms with Gasteiger partial charge in [0, 0.05) is 31.2 Å². The lowest BCUT2D eigenvalue weighted by atomic mass is 9.90. The largest absolute Gasteiger partial charge is 0.444 e. The molecule has 1 aromatic rings. The minimum atomic E-state index is -3.38. The molecule has 2 fully saturated rings. The van der Waals surface area contributed by atoms with E-state index in [0.717, 1.165) is 12.8 Å². The van der Waals surface area contributed by atoms with Gasteiger partial charge in [0.15, 0.2) is 0 Å². The lowest BCUT2D eigenvalue weighted by Gasteiger charge is -2.42. The van der Waals surface area contributed by atoms with Gasteiger partial charge in [0.25, 0.3) is 0 Å². The Balaban J connectivity index is 1.52. The van der Waals surface area contributed by atoms with Crippen LogP contribution < -0.4 is 0 Å². The summed E-state index contributed by atoms with van der Waals surface area (Å²) < 4.78 is 32.5. The van der Waals surface area contributed by atoms with Crippen molar-refractivity contribution in [1.29, 1.82) is 0 Å². The van der Waals surface area contributed by atoms with Crippen molar-refractivity contribution >= 4 is 27.7 Å². The van der Waals surface area contributed by atoms with Crippen LogP contribution in [0.25, 0.3) is 0 Å². The van der Waals surface area contributed by atoms with Crippen molar-refractivity contribution in [3.8, 4) is 0 Å². The zero-order valence-corrected chi connectivity index (χ0v) is 17.6. The molecule has 3 rings (SSSR count). The van der Waals surface area contributed by atoms with E-state index in [1.54, 1.807) is 25.1 Å². The molecule has 2 saturated heterocycles. The second-order valence-electron chi connectivity index (χ2n) is 8.28. The summed E-state index contributed by atoms with van der Waals surface area (Å²) in [4.78, 5) is 13.5. The van der Waals surface area contributed by atoms with E-state index in [9.17, 15) is 13.2 Å². The number of carbonyl (C=O) groups excluding carboxylic acids is 1. The quantitative estimate of drug-likeness (QED) is 0.759. The molecule has 0 saturated carbocycles. The molecule has 0 aromatic heterocycles. The van der Waals surface area contributed by atoms with Gasteiger partial charge in [0.2, 0.25) is 10.0 Å². The fraction of sp³-hybridized carbons (Fsp3) is 0.632. The molecular formula is C19H27ClN2O4S. The summed E-state index contributed by atoms with van der Waals surface area (Å²) in [5.41, 5.74) is 0.626. The van der Waals surface area contributed by atoms with Crippen LogP contribution in [0.3, 0.4) is 0 Å². The lowest BCUT2D eigenvalue weighted by molar-refractivity contribution is 0.0135. The number of benzene rings is 1. The topological polar surface area (TPSA) is 66.9 Å². The van der Waals surface area contributed by atoms with E-state index < -0.39 is 27.0 Å². The molecule has 0 bridgehead atoms. The van der Waals surface area contributed by atoms with Gasteiger partial charge in [-0.2, -0.15) is 0 Å². The SMILES string of the molecule is CC(C)(C)OC(=O)N1CC(S(=O)(=O)N2CCC(c3ccc(Cl)cc3)CC2)C1. The molecule has 6 nitrogen and oxygen atoms in total. The molecule has 1 aromatic carbocycles. The molecule has 0 spiro atoms. The van der Waals surface area contributed by atoms with E-state index in [-0.39, 0.29) is 13.1 Å². The zero-order valence-electron chi connectivity index (χ0n) is 16.0. The highest BCUT2D eigenvalue weighted by atomic mass is 35.5. The molecule has 2 heterocycles. The highest BCUT2D eigenvalue weighted by molar-refractivity contribution is 7.89. The molecule has 0 radical (unpaired) electrons. The van der Waals surface area contributed by atoms with Crippen LogP contribution in [0.2, 0.25) is 5.02 Å². The van der Waals surface area contributed by atoms with Gasteiger partial charge in [-0.05, 0) is 57.2 Å². The molecule has 1 amide bonds. The third-order valence-corrected chi connectivity index (χ3v) is 7.55. The van der Waals surface area contributed by atoms with E-state index in [1.807, 2.05) is 24.3 Å².